The number of benzene rings is 1. The third-order valence-electron chi connectivity index (χ3n) is 9.28. The SMILES string of the molecule is COc1cccc([C@H]2C3=CC[C@@H]4C(=O)N(N(C)c5nc(C(F)(F)F)ccc5Cl)C(=O)[C@@H]4[C@@H]3C[C@@]3(Cl)C(=O)N(C)C(=O)[C@@]23Cl)c1O. The molecule has 2 saturated heterocycles. The van der Waals surface area contributed by atoms with Crippen LogP contribution < -0.4 is 9.75 Å². The largest absolute Gasteiger partial charge is 0.504 e. The number of pyridine rings is 1. The van der Waals surface area contributed by atoms with E-state index in [4.69, 9.17) is 39.5 Å². The Morgan fingerprint density at radius 3 is 2.40 bits per heavy atom. The molecule has 1 aromatic heterocycles. The number of methoxy groups -OCH3 is 1. The highest BCUT2D eigenvalue weighted by Gasteiger charge is 2.76. The number of aromatic nitrogens is 1. The number of imide groups is 2. The van der Waals surface area contributed by atoms with Crippen LogP contribution in [0.15, 0.2) is 42.0 Å². The van der Waals surface area contributed by atoms with Crippen LogP contribution in [0.2, 0.25) is 5.02 Å². The molecule has 1 aromatic carbocycles. The summed E-state index contributed by atoms with van der Waals surface area (Å²) in [6.45, 7) is 0. The van der Waals surface area contributed by atoms with Crippen molar-refractivity contribution < 1.29 is 42.2 Å². The van der Waals surface area contributed by atoms with Crippen LogP contribution in [0.25, 0.3) is 0 Å². The summed E-state index contributed by atoms with van der Waals surface area (Å²) in [4.78, 5) is 55.3. The molecule has 4 aliphatic rings. The number of allylic oxidation sites excluding steroid dienone is 2. The van der Waals surface area contributed by atoms with E-state index in [0.717, 1.165) is 16.0 Å². The molecule has 0 bridgehead atoms. The average Bonchev–Trinajstić information content (AvgIpc) is 3.31. The van der Waals surface area contributed by atoms with E-state index in [2.05, 4.69) is 4.98 Å². The standard InChI is InChI=1S/C29H24Cl3F3N4O6/c1-37-25(43)27(31)11-15-12(20(28(27,32)26(37)44)14-5-4-6-17(45-3)21(14)40)7-8-13-19(15)24(42)39(23(13)41)38(2)22-16(30)9-10-18(36-22)29(33,34)35/h4-7,9-10,13,15,19-20,40H,8,11H2,1-3H3/t13-,15+,19-,20+,27+,28-/m0/s1. The number of likely N-dealkylation sites (tertiary alicyclic amines) is 1. The molecular formula is C29H24Cl3F3N4O6. The molecule has 4 amide bonds. The van der Waals surface area contributed by atoms with Gasteiger partial charge in [0.2, 0.25) is 0 Å². The maximum Gasteiger partial charge on any atom is 0.433 e. The number of fused-ring (bicyclic) bond motifs is 4. The molecule has 1 N–H and O–H groups in total. The predicted octanol–water partition coefficient (Wildman–Crippen LogP) is 4.51. The highest BCUT2D eigenvalue weighted by Crippen LogP contribution is 2.66. The third-order valence-corrected chi connectivity index (χ3v) is 11.0. The smallest absolute Gasteiger partial charge is 0.433 e. The van der Waals surface area contributed by atoms with Gasteiger partial charge in [-0.25, -0.2) is 4.98 Å². The molecule has 0 radical (unpaired) electrons. The summed E-state index contributed by atoms with van der Waals surface area (Å²) < 4.78 is 45.6. The van der Waals surface area contributed by atoms with E-state index in [-0.39, 0.29) is 34.9 Å². The highest BCUT2D eigenvalue weighted by molar-refractivity contribution is 6.53. The van der Waals surface area contributed by atoms with Crippen molar-refractivity contribution in [2.75, 3.05) is 26.2 Å². The second-order valence-electron chi connectivity index (χ2n) is 11.4. The Labute approximate surface area is 269 Å². The van der Waals surface area contributed by atoms with Crippen LogP contribution in [0.5, 0.6) is 11.5 Å². The van der Waals surface area contributed by atoms with Crippen LogP contribution in [-0.2, 0) is 25.4 Å². The fraction of sp³-hybridized carbons (Fsp3) is 0.414. The first-order chi connectivity index (χ1) is 21.0. The Hall–Kier alpha value is -3.55. The second kappa shape index (κ2) is 10.2. The average molecular weight is 688 g/mol. The fourth-order valence-electron chi connectivity index (χ4n) is 7.22. The monoisotopic (exact) mass is 686 g/mol. The van der Waals surface area contributed by atoms with Gasteiger partial charge in [-0.05, 0) is 37.0 Å². The number of hydrogen-bond acceptors (Lipinski definition) is 8. The van der Waals surface area contributed by atoms with Gasteiger partial charge in [0.05, 0.1) is 24.0 Å². The van der Waals surface area contributed by atoms with Crippen molar-refractivity contribution >= 4 is 64.2 Å². The Kier molecular flexibility index (Phi) is 7.15. The molecule has 2 aliphatic carbocycles. The molecule has 3 heterocycles. The van der Waals surface area contributed by atoms with Crippen molar-refractivity contribution in [3.63, 3.8) is 0 Å². The number of halogens is 6. The minimum Gasteiger partial charge on any atom is -0.504 e. The minimum atomic E-state index is -4.82. The molecule has 16 heteroatoms. The molecule has 6 rings (SSSR count). The van der Waals surface area contributed by atoms with Crippen molar-refractivity contribution in [3.8, 4) is 11.5 Å². The summed E-state index contributed by atoms with van der Waals surface area (Å²) in [5.74, 6) is -8.24. The third kappa shape index (κ3) is 4.12. The molecule has 238 valence electrons. The van der Waals surface area contributed by atoms with Crippen LogP contribution in [0.1, 0.15) is 30.0 Å². The summed E-state index contributed by atoms with van der Waals surface area (Å²) in [6.07, 6.45) is -3.51. The molecule has 10 nitrogen and oxygen atoms in total. The number of ether oxygens (including phenoxy) is 1. The van der Waals surface area contributed by atoms with E-state index in [0.29, 0.717) is 16.6 Å². The maximum absolute atomic E-state index is 14.1. The zero-order valence-corrected chi connectivity index (χ0v) is 26.0. The Morgan fingerprint density at radius 2 is 1.76 bits per heavy atom. The number of rotatable bonds is 4. The van der Waals surface area contributed by atoms with E-state index in [1.165, 1.54) is 33.3 Å². The number of amides is 4. The van der Waals surface area contributed by atoms with Crippen LogP contribution >= 0.6 is 34.8 Å². The van der Waals surface area contributed by atoms with Crippen molar-refractivity contribution in [2.45, 2.75) is 34.7 Å². The lowest BCUT2D eigenvalue weighted by Crippen LogP contribution is -2.60. The zero-order valence-electron chi connectivity index (χ0n) is 23.7. The van der Waals surface area contributed by atoms with Crippen LogP contribution in [-0.4, -0.2) is 74.6 Å². The molecule has 2 aromatic rings. The first-order valence-electron chi connectivity index (χ1n) is 13.6. The molecule has 0 spiro atoms. The van der Waals surface area contributed by atoms with Gasteiger partial charge in [0, 0.05) is 25.6 Å². The number of carbonyl (C=O) groups is 4. The minimum absolute atomic E-state index is 0.0172. The summed E-state index contributed by atoms with van der Waals surface area (Å²) in [5, 5.41) is 12.5. The number of phenolic OH excluding ortho intramolecular Hbond substituents is 1. The predicted molar refractivity (Wildman–Crippen MR) is 155 cm³/mol. The zero-order chi connectivity index (χ0) is 33.0. The summed E-state index contributed by atoms with van der Waals surface area (Å²) in [5.41, 5.74) is -0.757. The molecule has 6 atom stereocenters. The normalized spacial score (nSPS) is 31.1. The summed E-state index contributed by atoms with van der Waals surface area (Å²) in [7, 11) is 3.74. The second-order valence-corrected chi connectivity index (χ2v) is 13.1. The van der Waals surface area contributed by atoms with E-state index in [1.807, 2.05) is 0 Å². The van der Waals surface area contributed by atoms with Gasteiger partial charge in [0.25, 0.3) is 23.6 Å². The van der Waals surface area contributed by atoms with Crippen LogP contribution in [0.4, 0.5) is 19.0 Å². The molecular weight excluding hydrogens is 664 g/mol. The van der Waals surface area contributed by atoms with Gasteiger partial charge in [-0.2, -0.15) is 18.2 Å². The van der Waals surface area contributed by atoms with Gasteiger partial charge in [-0.1, -0.05) is 35.4 Å². The van der Waals surface area contributed by atoms with Gasteiger partial charge >= 0.3 is 6.18 Å². The number of para-hydroxylation sites is 1. The van der Waals surface area contributed by atoms with E-state index >= 15 is 0 Å². The summed E-state index contributed by atoms with van der Waals surface area (Å²) >= 11 is 20.4. The van der Waals surface area contributed by atoms with Gasteiger partial charge in [0.15, 0.2) is 27.1 Å². The number of anilines is 1. The highest BCUT2D eigenvalue weighted by atomic mass is 35.5. The van der Waals surface area contributed by atoms with E-state index in [9.17, 15) is 37.5 Å². The lowest BCUT2D eigenvalue weighted by molar-refractivity contribution is -0.141. The molecule has 0 unspecified atom stereocenters. The lowest BCUT2D eigenvalue weighted by atomic mass is 9.56. The number of nitrogens with zero attached hydrogens (tertiary/aromatic N) is 4. The Balaban J connectivity index is 1.47. The molecule has 2 aliphatic heterocycles. The van der Waals surface area contributed by atoms with Gasteiger partial charge in [-0.15, -0.1) is 23.2 Å². The van der Waals surface area contributed by atoms with Crippen molar-refractivity contribution in [2.24, 2.45) is 17.8 Å². The number of hydrazine groups is 1. The fourth-order valence-corrected chi connectivity index (χ4v) is 8.46. The Morgan fingerprint density at radius 1 is 1.07 bits per heavy atom. The topological polar surface area (TPSA) is 120 Å². The summed E-state index contributed by atoms with van der Waals surface area (Å²) in [6, 6.07) is 6.17. The van der Waals surface area contributed by atoms with Gasteiger partial charge < -0.3 is 9.84 Å². The van der Waals surface area contributed by atoms with Gasteiger partial charge in [-0.3, -0.25) is 29.1 Å². The van der Waals surface area contributed by atoms with E-state index < -0.39 is 74.7 Å². The van der Waals surface area contributed by atoms with E-state index in [1.54, 1.807) is 12.1 Å². The van der Waals surface area contributed by atoms with Crippen molar-refractivity contribution in [1.82, 2.24) is 14.9 Å². The number of aromatic hydroxyl groups is 1. The Bertz CT molecular complexity index is 1720. The van der Waals surface area contributed by atoms with Gasteiger partial charge in [0.1, 0.15) is 5.69 Å². The number of alkyl halides is 5. The van der Waals surface area contributed by atoms with Crippen LogP contribution in [0, 0.1) is 17.8 Å². The first kappa shape index (κ1) is 31.4. The number of carbonyl (C=O) groups excluding carboxylic acids is 4. The lowest BCUT2D eigenvalue weighted by Gasteiger charge is -2.50. The molecule has 45 heavy (non-hydrogen) atoms. The number of phenols is 1. The van der Waals surface area contributed by atoms with Crippen molar-refractivity contribution in [3.05, 3.63) is 58.3 Å². The maximum atomic E-state index is 14.1. The quantitative estimate of drug-likeness (QED) is 0.284. The van der Waals surface area contributed by atoms with Crippen molar-refractivity contribution in [1.29, 1.82) is 0 Å². The molecule has 3 fully saturated rings. The first-order valence-corrected chi connectivity index (χ1v) is 14.8. The number of hydrogen-bond donors (Lipinski definition) is 1. The van der Waals surface area contributed by atoms with Crippen LogP contribution in [0.3, 0.4) is 0 Å². The molecule has 1 saturated carbocycles.